The smallest absolute Gasteiger partial charge is 0.407 e. The van der Waals surface area contributed by atoms with Gasteiger partial charge in [0.1, 0.15) is 18.1 Å². The molecule has 1 unspecified atom stereocenters. The van der Waals surface area contributed by atoms with Crippen LogP contribution in [0.1, 0.15) is 25.7 Å². The van der Waals surface area contributed by atoms with Crippen LogP contribution in [0.2, 0.25) is 5.02 Å². The lowest BCUT2D eigenvalue weighted by molar-refractivity contribution is 0.0515. The van der Waals surface area contributed by atoms with Crippen molar-refractivity contribution in [3.63, 3.8) is 0 Å². The molecule has 1 N–H and O–H groups in total. The SMILES string of the molecule is COCOc1cc(Cl)ccc1-c1cc2c(nn1)N(C1C[C@H]3CC[C@@H](C1)N3C(=O)O)CCO2. The van der Waals surface area contributed by atoms with Gasteiger partial charge < -0.3 is 29.1 Å². The number of ether oxygens (including phenoxy) is 3. The van der Waals surface area contributed by atoms with Crippen molar-refractivity contribution in [1.29, 1.82) is 0 Å². The Morgan fingerprint density at radius 3 is 2.72 bits per heavy atom. The average molecular weight is 461 g/mol. The van der Waals surface area contributed by atoms with Gasteiger partial charge in [-0.2, -0.15) is 0 Å². The van der Waals surface area contributed by atoms with Crippen LogP contribution in [0.3, 0.4) is 0 Å². The summed E-state index contributed by atoms with van der Waals surface area (Å²) in [6.45, 7) is 1.34. The molecule has 170 valence electrons. The number of carbonyl (C=O) groups is 1. The zero-order chi connectivity index (χ0) is 22.2. The Hall–Kier alpha value is -2.78. The molecule has 0 radical (unpaired) electrons. The third-order valence-corrected chi connectivity index (χ3v) is 6.76. The summed E-state index contributed by atoms with van der Waals surface area (Å²) in [5.74, 6) is 1.93. The fourth-order valence-electron chi connectivity index (χ4n) is 5.19. The molecule has 9 nitrogen and oxygen atoms in total. The molecule has 2 saturated heterocycles. The maximum absolute atomic E-state index is 11.6. The van der Waals surface area contributed by atoms with Gasteiger partial charge in [-0.1, -0.05) is 11.6 Å². The first-order valence-corrected chi connectivity index (χ1v) is 11.1. The van der Waals surface area contributed by atoms with Crippen LogP contribution in [-0.2, 0) is 4.74 Å². The molecule has 0 spiro atoms. The van der Waals surface area contributed by atoms with E-state index in [-0.39, 0.29) is 24.9 Å². The molecule has 0 aliphatic carbocycles. The number of hydrogen-bond acceptors (Lipinski definition) is 7. The highest BCUT2D eigenvalue weighted by molar-refractivity contribution is 6.30. The third-order valence-electron chi connectivity index (χ3n) is 6.52. The Morgan fingerprint density at radius 2 is 2.00 bits per heavy atom. The number of methoxy groups -OCH3 is 1. The van der Waals surface area contributed by atoms with Gasteiger partial charge in [-0.05, 0) is 43.9 Å². The van der Waals surface area contributed by atoms with E-state index < -0.39 is 6.09 Å². The van der Waals surface area contributed by atoms with E-state index in [9.17, 15) is 9.90 Å². The lowest BCUT2D eigenvalue weighted by Crippen LogP contribution is -2.53. The fourth-order valence-corrected chi connectivity index (χ4v) is 5.35. The van der Waals surface area contributed by atoms with Crippen LogP contribution >= 0.6 is 11.6 Å². The number of anilines is 1. The van der Waals surface area contributed by atoms with Crippen LogP contribution in [0.25, 0.3) is 11.3 Å². The van der Waals surface area contributed by atoms with Crippen molar-refractivity contribution in [2.45, 2.75) is 43.8 Å². The van der Waals surface area contributed by atoms with Gasteiger partial charge in [0.25, 0.3) is 0 Å². The maximum Gasteiger partial charge on any atom is 0.407 e. The molecule has 2 bridgehead atoms. The van der Waals surface area contributed by atoms with Gasteiger partial charge in [0, 0.05) is 41.9 Å². The quantitative estimate of drug-likeness (QED) is 0.675. The van der Waals surface area contributed by atoms with Crippen molar-refractivity contribution in [2.75, 3.05) is 32.0 Å². The highest BCUT2D eigenvalue weighted by Crippen LogP contribution is 2.42. The largest absolute Gasteiger partial charge is 0.488 e. The summed E-state index contributed by atoms with van der Waals surface area (Å²) >= 11 is 6.13. The Morgan fingerprint density at radius 1 is 1.22 bits per heavy atom. The molecule has 3 aliphatic heterocycles. The number of nitrogens with zero attached hydrogens (tertiary/aromatic N) is 4. The van der Waals surface area contributed by atoms with Crippen LogP contribution in [-0.4, -0.2) is 71.5 Å². The Bertz CT molecular complexity index is 1010. The Balaban J connectivity index is 1.41. The molecule has 3 atom stereocenters. The highest BCUT2D eigenvalue weighted by Gasteiger charge is 2.45. The molecule has 0 saturated carbocycles. The van der Waals surface area contributed by atoms with Gasteiger partial charge in [0.15, 0.2) is 18.4 Å². The summed E-state index contributed by atoms with van der Waals surface area (Å²) in [5.41, 5.74) is 1.37. The minimum Gasteiger partial charge on any atom is -0.488 e. The van der Waals surface area contributed by atoms with E-state index in [1.807, 2.05) is 12.1 Å². The number of rotatable bonds is 5. The van der Waals surface area contributed by atoms with Crippen molar-refractivity contribution in [3.8, 4) is 22.8 Å². The standard InChI is InChI=1S/C22H25ClN4O5/c1-30-12-32-19-8-13(23)2-5-17(19)18-11-20-21(25-24-18)26(6-7-31-20)16-9-14-3-4-15(10-16)27(14)22(28)29/h2,5,8,11,14-16H,3-4,6-7,9-10,12H2,1H3,(H,28,29)/t14-,15+,16?. The summed E-state index contributed by atoms with van der Waals surface area (Å²) in [4.78, 5) is 15.5. The van der Waals surface area contributed by atoms with Gasteiger partial charge in [0.05, 0.1) is 6.54 Å². The molecular formula is C22H25ClN4O5. The van der Waals surface area contributed by atoms with E-state index in [1.54, 1.807) is 24.1 Å². The van der Waals surface area contributed by atoms with E-state index in [1.165, 1.54) is 0 Å². The molecule has 10 heteroatoms. The normalized spacial score (nSPS) is 24.1. The average Bonchev–Trinajstić information content (AvgIpc) is 3.07. The van der Waals surface area contributed by atoms with Crippen molar-refractivity contribution < 1.29 is 24.1 Å². The number of aromatic nitrogens is 2. The van der Waals surface area contributed by atoms with Gasteiger partial charge >= 0.3 is 6.09 Å². The van der Waals surface area contributed by atoms with Gasteiger partial charge in [-0.15, -0.1) is 10.2 Å². The second-order valence-corrected chi connectivity index (χ2v) is 8.79. The monoisotopic (exact) mass is 460 g/mol. The topological polar surface area (TPSA) is 97.3 Å². The highest BCUT2D eigenvalue weighted by atomic mass is 35.5. The van der Waals surface area contributed by atoms with Crippen molar-refractivity contribution in [3.05, 3.63) is 29.3 Å². The minimum absolute atomic E-state index is 0.0735. The molecule has 3 aliphatic rings. The molecule has 5 rings (SSSR count). The van der Waals surface area contributed by atoms with Crippen molar-refractivity contribution >= 4 is 23.5 Å². The molecule has 2 fully saturated rings. The van der Waals surface area contributed by atoms with Gasteiger partial charge in [0.2, 0.25) is 0 Å². The van der Waals surface area contributed by atoms with Crippen LogP contribution < -0.4 is 14.4 Å². The second-order valence-electron chi connectivity index (χ2n) is 8.35. The molecular weight excluding hydrogens is 436 g/mol. The number of halogens is 1. The minimum atomic E-state index is -0.808. The summed E-state index contributed by atoms with van der Waals surface area (Å²) in [6, 6.07) is 7.57. The fraction of sp³-hybridized carbons (Fsp3) is 0.500. The summed E-state index contributed by atoms with van der Waals surface area (Å²) < 4.78 is 16.6. The lowest BCUT2D eigenvalue weighted by Gasteiger charge is -2.43. The Kier molecular flexibility index (Phi) is 5.69. The molecule has 32 heavy (non-hydrogen) atoms. The van der Waals surface area contributed by atoms with Gasteiger partial charge in [-0.3, -0.25) is 0 Å². The first kappa shape index (κ1) is 21.1. The van der Waals surface area contributed by atoms with E-state index in [2.05, 4.69) is 15.1 Å². The number of amides is 1. The number of piperidine rings is 1. The summed E-state index contributed by atoms with van der Waals surface area (Å²) in [6.07, 6.45) is 2.65. The van der Waals surface area contributed by atoms with Crippen molar-refractivity contribution in [2.24, 2.45) is 0 Å². The summed E-state index contributed by atoms with van der Waals surface area (Å²) in [7, 11) is 1.55. The predicted octanol–water partition coefficient (Wildman–Crippen LogP) is 3.65. The number of benzene rings is 1. The lowest BCUT2D eigenvalue weighted by atomic mass is 9.96. The van der Waals surface area contributed by atoms with E-state index in [0.717, 1.165) is 31.2 Å². The zero-order valence-corrected chi connectivity index (χ0v) is 18.5. The summed E-state index contributed by atoms with van der Waals surface area (Å²) in [5, 5.41) is 19.1. The van der Waals surface area contributed by atoms with Crippen LogP contribution in [0.4, 0.5) is 10.6 Å². The van der Waals surface area contributed by atoms with Gasteiger partial charge in [-0.25, -0.2) is 4.79 Å². The number of hydrogen-bond donors (Lipinski definition) is 1. The van der Waals surface area contributed by atoms with Crippen LogP contribution in [0.5, 0.6) is 11.5 Å². The number of carboxylic acid groups (broad SMARTS) is 1. The van der Waals surface area contributed by atoms with Crippen molar-refractivity contribution in [1.82, 2.24) is 15.1 Å². The molecule has 1 aromatic heterocycles. The first-order chi connectivity index (χ1) is 15.5. The third kappa shape index (κ3) is 3.80. The maximum atomic E-state index is 11.6. The Labute approximate surface area is 190 Å². The molecule has 4 heterocycles. The zero-order valence-electron chi connectivity index (χ0n) is 17.7. The molecule has 1 amide bonds. The first-order valence-electron chi connectivity index (χ1n) is 10.7. The van der Waals surface area contributed by atoms with E-state index in [0.29, 0.717) is 41.2 Å². The van der Waals surface area contributed by atoms with E-state index >= 15 is 0 Å². The number of fused-ring (bicyclic) bond motifs is 3. The van der Waals surface area contributed by atoms with E-state index in [4.69, 9.17) is 25.8 Å². The van der Waals surface area contributed by atoms with Crippen LogP contribution in [0, 0.1) is 0 Å². The predicted molar refractivity (Wildman–Crippen MR) is 118 cm³/mol. The second kappa shape index (κ2) is 8.63. The molecule has 2 aromatic rings. The molecule has 1 aromatic carbocycles. The van der Waals surface area contributed by atoms with Crippen LogP contribution in [0.15, 0.2) is 24.3 Å².